The number of benzene rings is 1. The highest BCUT2D eigenvalue weighted by molar-refractivity contribution is 7.10. The quantitative estimate of drug-likeness (QED) is 0.767. The van der Waals surface area contributed by atoms with Crippen LogP contribution in [-0.2, 0) is 17.8 Å². The summed E-state index contributed by atoms with van der Waals surface area (Å²) in [5.74, 6) is 0.857. The summed E-state index contributed by atoms with van der Waals surface area (Å²) in [4.78, 5) is 21.0. The maximum atomic E-state index is 12.8. The van der Waals surface area contributed by atoms with Gasteiger partial charge in [0.15, 0.2) is 0 Å². The number of rotatable bonds is 6. The molecule has 144 valence electrons. The number of fused-ring (bicyclic) bond motifs is 1. The van der Waals surface area contributed by atoms with Crippen LogP contribution < -0.4 is 0 Å². The number of carbonyl (C=O) groups is 1. The second-order valence-electron chi connectivity index (χ2n) is 8.48. The predicted molar refractivity (Wildman–Crippen MR) is 111 cm³/mol. The summed E-state index contributed by atoms with van der Waals surface area (Å²) in [6, 6.07) is 14.8. The van der Waals surface area contributed by atoms with Crippen LogP contribution in [0.2, 0.25) is 0 Å². The third-order valence-electron chi connectivity index (χ3n) is 5.97. The molecular formula is C22H29N3OS. The lowest BCUT2D eigenvalue weighted by molar-refractivity contribution is -0.130. The number of carbonyl (C=O) groups excluding carboxylic acids is 1. The zero-order valence-electron chi connectivity index (χ0n) is 16.3. The van der Waals surface area contributed by atoms with Crippen molar-refractivity contribution in [3.05, 3.63) is 58.3 Å². The number of nitrogens with zero attached hydrogens (tertiary/aromatic N) is 3. The fraction of sp³-hybridized carbons (Fsp3) is 0.500. The lowest BCUT2D eigenvalue weighted by atomic mass is 9.80. The fourth-order valence-electron chi connectivity index (χ4n) is 4.97. The molecule has 0 unspecified atom stereocenters. The number of hydrogen-bond acceptors (Lipinski definition) is 4. The van der Waals surface area contributed by atoms with E-state index >= 15 is 0 Å². The summed E-state index contributed by atoms with van der Waals surface area (Å²) < 4.78 is 0. The zero-order valence-corrected chi connectivity index (χ0v) is 17.1. The molecule has 3 heterocycles. The molecule has 2 aliphatic heterocycles. The lowest BCUT2D eigenvalue weighted by Crippen LogP contribution is -2.43. The molecule has 0 spiro atoms. The summed E-state index contributed by atoms with van der Waals surface area (Å²) in [5.41, 5.74) is 1.58. The molecule has 0 saturated carbocycles. The van der Waals surface area contributed by atoms with E-state index in [2.05, 4.69) is 70.6 Å². The molecule has 2 aliphatic rings. The van der Waals surface area contributed by atoms with Gasteiger partial charge in [-0.2, -0.15) is 0 Å². The zero-order chi connectivity index (χ0) is 18.9. The van der Waals surface area contributed by atoms with Crippen LogP contribution in [0.3, 0.4) is 0 Å². The Kier molecular flexibility index (Phi) is 5.35. The van der Waals surface area contributed by atoms with Crippen molar-refractivity contribution in [2.24, 2.45) is 11.3 Å². The third-order valence-corrected chi connectivity index (χ3v) is 6.84. The summed E-state index contributed by atoms with van der Waals surface area (Å²) in [7, 11) is 4.31. The largest absolute Gasteiger partial charge is 0.341 e. The van der Waals surface area contributed by atoms with Crippen molar-refractivity contribution in [3.8, 4) is 0 Å². The van der Waals surface area contributed by atoms with Gasteiger partial charge in [-0.1, -0.05) is 36.4 Å². The van der Waals surface area contributed by atoms with Crippen LogP contribution >= 0.6 is 11.3 Å². The topological polar surface area (TPSA) is 26.8 Å². The first kappa shape index (κ1) is 18.7. The minimum atomic E-state index is 0.198. The van der Waals surface area contributed by atoms with E-state index in [1.807, 2.05) is 6.07 Å². The summed E-state index contributed by atoms with van der Waals surface area (Å²) >= 11 is 1.68. The molecule has 1 aromatic heterocycles. The monoisotopic (exact) mass is 383 g/mol. The van der Waals surface area contributed by atoms with E-state index in [0.717, 1.165) is 39.3 Å². The smallest absolute Gasteiger partial charge is 0.227 e. The van der Waals surface area contributed by atoms with E-state index < -0.39 is 0 Å². The van der Waals surface area contributed by atoms with Crippen LogP contribution in [0, 0.1) is 11.3 Å². The Balaban J connectivity index is 1.44. The van der Waals surface area contributed by atoms with Crippen LogP contribution in [0.25, 0.3) is 0 Å². The van der Waals surface area contributed by atoms with Crippen molar-refractivity contribution in [2.45, 2.75) is 13.0 Å². The first-order valence-corrected chi connectivity index (χ1v) is 10.6. The van der Waals surface area contributed by atoms with Crippen molar-refractivity contribution in [2.75, 3.05) is 46.8 Å². The molecule has 2 fully saturated rings. The fourth-order valence-corrected chi connectivity index (χ4v) is 5.67. The summed E-state index contributed by atoms with van der Waals surface area (Å²) in [6.07, 6.45) is 0.552. The molecule has 0 aliphatic carbocycles. The van der Waals surface area contributed by atoms with E-state index in [1.165, 1.54) is 10.4 Å². The Morgan fingerprint density at radius 3 is 2.67 bits per heavy atom. The van der Waals surface area contributed by atoms with E-state index in [-0.39, 0.29) is 5.41 Å². The van der Waals surface area contributed by atoms with Gasteiger partial charge in [-0.15, -0.1) is 11.3 Å². The van der Waals surface area contributed by atoms with Crippen molar-refractivity contribution in [1.82, 2.24) is 14.7 Å². The molecular weight excluding hydrogens is 354 g/mol. The predicted octanol–water partition coefficient (Wildman–Crippen LogP) is 2.81. The minimum Gasteiger partial charge on any atom is -0.341 e. The second-order valence-corrected chi connectivity index (χ2v) is 9.51. The van der Waals surface area contributed by atoms with Gasteiger partial charge in [0.1, 0.15) is 0 Å². The van der Waals surface area contributed by atoms with Crippen LogP contribution in [0.4, 0.5) is 0 Å². The third kappa shape index (κ3) is 4.10. The van der Waals surface area contributed by atoms with Gasteiger partial charge in [0.2, 0.25) is 5.91 Å². The molecule has 5 heteroatoms. The second kappa shape index (κ2) is 7.74. The highest BCUT2D eigenvalue weighted by Crippen LogP contribution is 2.43. The number of thiophene rings is 1. The van der Waals surface area contributed by atoms with Crippen molar-refractivity contribution >= 4 is 17.2 Å². The molecule has 0 bridgehead atoms. The van der Waals surface area contributed by atoms with E-state index in [1.54, 1.807) is 11.3 Å². The SMILES string of the molecule is CN(C)C[C@@]12CN(Cc3ccccc3)C[C@@H]1CN(C(=O)Cc1cccs1)C2. The van der Waals surface area contributed by atoms with Crippen LogP contribution in [-0.4, -0.2) is 67.4 Å². The molecule has 2 aromatic rings. The first-order chi connectivity index (χ1) is 13.0. The van der Waals surface area contributed by atoms with Gasteiger partial charge in [-0.3, -0.25) is 9.69 Å². The lowest BCUT2D eigenvalue weighted by Gasteiger charge is -2.32. The molecule has 2 atom stereocenters. The number of likely N-dealkylation sites (tertiary alicyclic amines) is 2. The van der Waals surface area contributed by atoms with E-state index in [0.29, 0.717) is 18.2 Å². The average molecular weight is 384 g/mol. The highest BCUT2D eigenvalue weighted by Gasteiger charge is 2.53. The van der Waals surface area contributed by atoms with Crippen LogP contribution in [0.5, 0.6) is 0 Å². The minimum absolute atomic E-state index is 0.198. The van der Waals surface area contributed by atoms with Crippen molar-refractivity contribution < 1.29 is 4.79 Å². The molecule has 2 saturated heterocycles. The molecule has 27 heavy (non-hydrogen) atoms. The standard InChI is InChI=1S/C22H29N3OS/c1-23(2)15-22-16-24(12-18-7-4-3-5-8-18)13-19(22)14-25(17-22)21(26)11-20-9-6-10-27-20/h3-10,19H,11-17H2,1-2H3/t19-,22+/m1/s1. The van der Waals surface area contributed by atoms with Gasteiger partial charge in [0, 0.05) is 49.6 Å². The maximum Gasteiger partial charge on any atom is 0.227 e. The molecule has 0 N–H and O–H groups in total. The van der Waals surface area contributed by atoms with Crippen molar-refractivity contribution in [1.29, 1.82) is 0 Å². The summed E-state index contributed by atoms with van der Waals surface area (Å²) in [5, 5.41) is 2.05. The van der Waals surface area contributed by atoms with Gasteiger partial charge < -0.3 is 9.80 Å². The Labute approximate surface area is 166 Å². The highest BCUT2D eigenvalue weighted by atomic mass is 32.1. The molecule has 4 rings (SSSR count). The van der Waals surface area contributed by atoms with Gasteiger partial charge in [0.05, 0.1) is 6.42 Å². The first-order valence-electron chi connectivity index (χ1n) is 9.75. The molecule has 1 amide bonds. The Bertz CT molecular complexity index is 761. The molecule has 1 aromatic carbocycles. The van der Waals surface area contributed by atoms with Gasteiger partial charge in [-0.25, -0.2) is 0 Å². The van der Waals surface area contributed by atoms with Gasteiger partial charge >= 0.3 is 0 Å². The van der Waals surface area contributed by atoms with Crippen molar-refractivity contribution in [3.63, 3.8) is 0 Å². The van der Waals surface area contributed by atoms with Crippen LogP contribution in [0.15, 0.2) is 47.8 Å². The normalized spacial score (nSPS) is 25.3. The molecule has 4 nitrogen and oxygen atoms in total. The Hall–Kier alpha value is -1.69. The van der Waals surface area contributed by atoms with Gasteiger partial charge in [0.25, 0.3) is 0 Å². The van der Waals surface area contributed by atoms with Gasteiger partial charge in [-0.05, 0) is 37.0 Å². The maximum absolute atomic E-state index is 12.8. The number of hydrogen-bond donors (Lipinski definition) is 0. The van der Waals surface area contributed by atoms with E-state index in [4.69, 9.17) is 0 Å². The Morgan fingerprint density at radius 2 is 1.96 bits per heavy atom. The van der Waals surface area contributed by atoms with E-state index in [9.17, 15) is 4.79 Å². The summed E-state index contributed by atoms with van der Waals surface area (Å²) in [6.45, 7) is 6.02. The number of amides is 1. The molecule has 0 radical (unpaired) electrons. The average Bonchev–Trinajstić information content (AvgIpc) is 3.30. The Morgan fingerprint density at radius 1 is 1.15 bits per heavy atom. The van der Waals surface area contributed by atoms with Crippen LogP contribution in [0.1, 0.15) is 10.4 Å².